The summed E-state index contributed by atoms with van der Waals surface area (Å²) in [7, 11) is 0. The van der Waals surface area contributed by atoms with Gasteiger partial charge in [0.05, 0.1) is 0 Å². The molecule has 0 aliphatic heterocycles. The van der Waals surface area contributed by atoms with Gasteiger partial charge in [-0.3, -0.25) is 9.36 Å². The molecule has 0 unspecified atom stereocenters. The summed E-state index contributed by atoms with van der Waals surface area (Å²) in [4.78, 5) is 19.3. The van der Waals surface area contributed by atoms with E-state index in [-0.39, 0.29) is 5.91 Å². The fourth-order valence-electron chi connectivity index (χ4n) is 1.71. The molecule has 0 aliphatic carbocycles. The van der Waals surface area contributed by atoms with Gasteiger partial charge in [-0.2, -0.15) is 0 Å². The molecule has 1 N–H and O–H groups in total. The van der Waals surface area contributed by atoms with Crippen molar-refractivity contribution in [3.05, 3.63) is 41.6 Å². The maximum absolute atomic E-state index is 11.0. The number of hydrogen-bond donors (Lipinski definition) is 1. The maximum atomic E-state index is 11.0. The number of carbonyl (C=O) groups excluding carboxylic acids is 1. The molecule has 0 saturated carbocycles. The van der Waals surface area contributed by atoms with E-state index in [4.69, 9.17) is 11.6 Å². The van der Waals surface area contributed by atoms with Crippen LogP contribution in [0.4, 0.5) is 5.13 Å². The summed E-state index contributed by atoms with van der Waals surface area (Å²) in [5.74, 6) is 1.16. The first kappa shape index (κ1) is 15.9. The van der Waals surface area contributed by atoms with E-state index in [0.29, 0.717) is 21.9 Å². The third-order valence-corrected chi connectivity index (χ3v) is 5.07. The van der Waals surface area contributed by atoms with Crippen LogP contribution in [-0.4, -0.2) is 30.6 Å². The first-order chi connectivity index (χ1) is 11.1. The Morgan fingerprint density at radius 2 is 2.30 bits per heavy atom. The lowest BCUT2D eigenvalue weighted by atomic mass is 10.3. The van der Waals surface area contributed by atoms with Crippen LogP contribution < -0.4 is 5.32 Å². The zero-order valence-electron chi connectivity index (χ0n) is 11.9. The van der Waals surface area contributed by atoms with Crippen molar-refractivity contribution in [3.8, 4) is 5.82 Å². The number of nitrogens with zero attached hydrogens (tertiary/aromatic N) is 5. The number of nitrogens with one attached hydrogen (secondary N) is 1. The van der Waals surface area contributed by atoms with Crippen LogP contribution in [0.5, 0.6) is 0 Å². The zero-order chi connectivity index (χ0) is 16.2. The van der Waals surface area contributed by atoms with Gasteiger partial charge in [0.25, 0.3) is 0 Å². The fourth-order valence-corrected chi connectivity index (χ4v) is 3.79. The van der Waals surface area contributed by atoms with Crippen LogP contribution in [0, 0.1) is 0 Å². The second-order valence-electron chi connectivity index (χ2n) is 4.43. The fraction of sp³-hybridized carbons (Fsp3) is 0.154. The summed E-state index contributed by atoms with van der Waals surface area (Å²) in [6.45, 7) is 1.43. The Balaban J connectivity index is 1.66. The van der Waals surface area contributed by atoms with Crippen molar-refractivity contribution in [2.75, 3.05) is 5.32 Å². The number of hydrogen-bond acceptors (Lipinski definition) is 7. The summed E-state index contributed by atoms with van der Waals surface area (Å²) in [5.41, 5.74) is 0.900. The second-order valence-corrected chi connectivity index (χ2v) is 6.99. The molecule has 118 valence electrons. The lowest BCUT2D eigenvalue weighted by molar-refractivity contribution is -0.114. The summed E-state index contributed by atoms with van der Waals surface area (Å²) < 4.78 is 2.54. The number of imidazole rings is 1. The Bertz CT molecular complexity index is 820. The summed E-state index contributed by atoms with van der Waals surface area (Å²) in [6, 6.07) is 3.81. The van der Waals surface area contributed by atoms with Crippen molar-refractivity contribution in [1.82, 2.24) is 24.7 Å². The van der Waals surface area contributed by atoms with Gasteiger partial charge in [0.1, 0.15) is 17.3 Å². The molecule has 3 aromatic rings. The SMILES string of the molecule is CC(=O)Nc1nnc(SCc2ccc(-n3ccnc3)nc2Cl)s1. The molecule has 3 rings (SSSR count). The van der Waals surface area contributed by atoms with Crippen molar-refractivity contribution >= 4 is 45.7 Å². The first-order valence-electron chi connectivity index (χ1n) is 6.49. The van der Waals surface area contributed by atoms with Crippen LogP contribution in [0.25, 0.3) is 5.82 Å². The van der Waals surface area contributed by atoms with E-state index in [1.165, 1.54) is 30.0 Å². The molecule has 10 heteroatoms. The third kappa shape index (κ3) is 4.06. The highest BCUT2D eigenvalue weighted by Gasteiger charge is 2.09. The quantitative estimate of drug-likeness (QED) is 0.424. The highest BCUT2D eigenvalue weighted by Crippen LogP contribution is 2.30. The molecule has 0 bridgehead atoms. The third-order valence-electron chi connectivity index (χ3n) is 2.72. The van der Waals surface area contributed by atoms with E-state index in [1.807, 2.05) is 12.1 Å². The van der Waals surface area contributed by atoms with Gasteiger partial charge in [-0.15, -0.1) is 10.2 Å². The summed E-state index contributed by atoms with van der Waals surface area (Å²) in [6.07, 6.45) is 5.15. The lowest BCUT2D eigenvalue weighted by Crippen LogP contribution is -2.04. The number of thioether (sulfide) groups is 1. The first-order valence-corrected chi connectivity index (χ1v) is 8.67. The molecule has 3 heterocycles. The van der Waals surface area contributed by atoms with Gasteiger partial charge < -0.3 is 5.32 Å². The van der Waals surface area contributed by atoms with E-state index < -0.39 is 0 Å². The molecule has 23 heavy (non-hydrogen) atoms. The van der Waals surface area contributed by atoms with Crippen LogP contribution in [0.15, 0.2) is 35.2 Å². The molecule has 0 fully saturated rings. The predicted octanol–water partition coefficient (Wildman–Crippen LogP) is 3.02. The number of rotatable bonds is 5. The Morgan fingerprint density at radius 1 is 1.43 bits per heavy atom. The number of carbonyl (C=O) groups is 1. The largest absolute Gasteiger partial charge is 0.301 e. The number of halogens is 1. The molecule has 1 amide bonds. The predicted molar refractivity (Wildman–Crippen MR) is 90.1 cm³/mol. The Hall–Kier alpha value is -1.97. The molecule has 0 radical (unpaired) electrons. The van der Waals surface area contributed by atoms with Gasteiger partial charge in [0.15, 0.2) is 4.34 Å². The molecule has 0 atom stereocenters. The molecule has 0 spiro atoms. The molecule has 0 aromatic carbocycles. The number of amides is 1. The van der Waals surface area contributed by atoms with Crippen molar-refractivity contribution in [3.63, 3.8) is 0 Å². The molecule has 0 aliphatic rings. The minimum absolute atomic E-state index is 0.167. The Kier molecular flexibility index (Phi) is 4.89. The lowest BCUT2D eigenvalue weighted by Gasteiger charge is -2.05. The van der Waals surface area contributed by atoms with E-state index in [9.17, 15) is 4.79 Å². The second kappa shape index (κ2) is 7.07. The topological polar surface area (TPSA) is 85.6 Å². The Labute approximate surface area is 145 Å². The van der Waals surface area contributed by atoms with Crippen LogP contribution >= 0.6 is 34.7 Å². The van der Waals surface area contributed by atoms with E-state index in [2.05, 4.69) is 25.5 Å². The normalized spacial score (nSPS) is 10.7. The zero-order valence-corrected chi connectivity index (χ0v) is 14.3. The van der Waals surface area contributed by atoms with Gasteiger partial charge in [-0.1, -0.05) is 40.8 Å². The van der Waals surface area contributed by atoms with Crippen molar-refractivity contribution < 1.29 is 4.79 Å². The minimum atomic E-state index is -0.167. The van der Waals surface area contributed by atoms with Gasteiger partial charge in [-0.05, 0) is 11.6 Å². The molecule has 3 aromatic heterocycles. The Morgan fingerprint density at radius 3 is 3.00 bits per heavy atom. The van der Waals surface area contributed by atoms with Crippen LogP contribution in [0.3, 0.4) is 0 Å². The molecular weight excluding hydrogens is 356 g/mol. The maximum Gasteiger partial charge on any atom is 0.223 e. The van der Waals surface area contributed by atoms with Crippen molar-refractivity contribution in [2.45, 2.75) is 17.0 Å². The summed E-state index contributed by atoms with van der Waals surface area (Å²) in [5, 5.41) is 11.4. The summed E-state index contributed by atoms with van der Waals surface area (Å²) >= 11 is 9.05. The van der Waals surface area contributed by atoms with Gasteiger partial charge in [0.2, 0.25) is 11.0 Å². The van der Waals surface area contributed by atoms with Crippen molar-refractivity contribution in [2.24, 2.45) is 0 Å². The van der Waals surface area contributed by atoms with Gasteiger partial charge in [0, 0.05) is 25.1 Å². The standard InChI is InChI=1S/C13H11ClN6OS2/c1-8(21)16-12-18-19-13(23-12)22-6-9-2-3-10(17-11(9)14)20-5-4-15-7-20/h2-5,7H,6H2,1H3,(H,16,18,21). The number of aromatic nitrogens is 5. The average molecular weight is 367 g/mol. The van der Waals surface area contributed by atoms with Crippen LogP contribution in [0.2, 0.25) is 5.15 Å². The van der Waals surface area contributed by atoms with Crippen molar-refractivity contribution in [1.29, 1.82) is 0 Å². The molecule has 7 nitrogen and oxygen atoms in total. The van der Waals surface area contributed by atoms with Crippen LogP contribution in [0.1, 0.15) is 12.5 Å². The van der Waals surface area contributed by atoms with Crippen LogP contribution in [-0.2, 0) is 10.5 Å². The van der Waals surface area contributed by atoms with Gasteiger partial charge >= 0.3 is 0 Å². The average Bonchev–Trinajstić information content (AvgIpc) is 3.17. The number of anilines is 1. The molecular formula is C13H11ClN6OS2. The van der Waals surface area contributed by atoms with Gasteiger partial charge in [-0.25, -0.2) is 9.97 Å². The highest BCUT2D eigenvalue weighted by atomic mass is 35.5. The van der Waals surface area contributed by atoms with E-state index in [1.54, 1.807) is 23.3 Å². The number of pyridine rings is 1. The highest BCUT2D eigenvalue weighted by molar-refractivity contribution is 8.00. The monoisotopic (exact) mass is 366 g/mol. The molecule has 0 saturated heterocycles. The minimum Gasteiger partial charge on any atom is -0.301 e. The smallest absolute Gasteiger partial charge is 0.223 e. The van der Waals surface area contributed by atoms with E-state index in [0.717, 1.165) is 9.90 Å². The van der Waals surface area contributed by atoms with E-state index >= 15 is 0 Å².